The minimum Gasteiger partial charge on any atom is -0.497 e. The number of amides is 2. The number of hydrogen-bond acceptors (Lipinski definition) is 4. The summed E-state index contributed by atoms with van der Waals surface area (Å²) in [6.07, 6.45) is 3.11. The van der Waals surface area contributed by atoms with Crippen molar-refractivity contribution >= 4 is 11.8 Å². The fraction of sp³-hybridized carbons (Fsp3) is 0.455. The van der Waals surface area contributed by atoms with Crippen LogP contribution in [0.4, 0.5) is 0 Å². The molecule has 40 heavy (non-hydrogen) atoms. The third-order valence-corrected chi connectivity index (χ3v) is 6.61. The third kappa shape index (κ3) is 10.2. The van der Waals surface area contributed by atoms with E-state index in [0.29, 0.717) is 52.2 Å². The molecule has 0 spiro atoms. The number of benzene rings is 2. The summed E-state index contributed by atoms with van der Waals surface area (Å²) in [5.41, 5.74) is 3.02. The van der Waals surface area contributed by atoms with Gasteiger partial charge in [-0.1, -0.05) is 63.2 Å². The summed E-state index contributed by atoms with van der Waals surface area (Å²) in [7, 11) is 1.67. The van der Waals surface area contributed by atoms with Crippen LogP contribution in [0.15, 0.2) is 72.9 Å². The van der Waals surface area contributed by atoms with E-state index in [1.807, 2.05) is 93.4 Å². The lowest BCUT2D eigenvalue weighted by molar-refractivity contribution is -0.142. The third-order valence-electron chi connectivity index (χ3n) is 6.61. The van der Waals surface area contributed by atoms with Crippen molar-refractivity contribution < 1.29 is 19.1 Å². The Morgan fingerprint density at radius 2 is 1.62 bits per heavy atom. The van der Waals surface area contributed by atoms with Gasteiger partial charge in [-0.25, -0.2) is 0 Å². The van der Waals surface area contributed by atoms with Crippen molar-refractivity contribution in [2.45, 2.75) is 60.2 Å². The van der Waals surface area contributed by atoms with Crippen LogP contribution < -0.4 is 4.74 Å². The van der Waals surface area contributed by atoms with Crippen LogP contribution in [-0.2, 0) is 34.0 Å². The van der Waals surface area contributed by atoms with Crippen molar-refractivity contribution in [1.82, 2.24) is 14.4 Å². The van der Waals surface area contributed by atoms with Gasteiger partial charge in [0.25, 0.3) is 0 Å². The molecule has 0 aliphatic carbocycles. The first-order chi connectivity index (χ1) is 19.2. The van der Waals surface area contributed by atoms with Gasteiger partial charge in [-0.2, -0.15) is 0 Å². The van der Waals surface area contributed by atoms with Gasteiger partial charge in [0.05, 0.1) is 20.2 Å². The highest BCUT2D eigenvalue weighted by atomic mass is 16.5. The Morgan fingerprint density at radius 3 is 2.33 bits per heavy atom. The Labute approximate surface area is 239 Å². The molecule has 0 saturated carbocycles. The van der Waals surface area contributed by atoms with E-state index in [4.69, 9.17) is 9.47 Å². The lowest BCUT2D eigenvalue weighted by Crippen LogP contribution is -2.44. The van der Waals surface area contributed by atoms with Crippen molar-refractivity contribution in [3.05, 3.63) is 89.7 Å². The van der Waals surface area contributed by atoms with E-state index in [1.54, 1.807) is 12.0 Å². The summed E-state index contributed by atoms with van der Waals surface area (Å²) in [6, 6.07) is 22.1. The summed E-state index contributed by atoms with van der Waals surface area (Å²) in [6.45, 7) is 11.4. The number of aromatic nitrogens is 1. The molecule has 0 unspecified atom stereocenters. The SMILES string of the molecule is CCOCCCN(CC(=O)N(Cc1ccccc1)Cc1cccn1Cc1cccc(OC)c1)C(=O)CC(C)(C)C. The number of hydrogen-bond donors (Lipinski definition) is 0. The second-order valence-electron chi connectivity index (χ2n) is 11.3. The number of rotatable bonds is 15. The summed E-state index contributed by atoms with van der Waals surface area (Å²) >= 11 is 0. The highest BCUT2D eigenvalue weighted by Crippen LogP contribution is 2.21. The van der Waals surface area contributed by atoms with E-state index in [0.717, 1.165) is 22.6 Å². The standard InChI is InChI=1S/C33H45N3O4/c1-6-40-20-12-19-35(31(37)22-33(2,3)4)26-32(38)36(23-27-13-8-7-9-14-27)25-29-16-11-18-34(29)24-28-15-10-17-30(21-28)39-5/h7-11,13-18,21H,6,12,19-20,22-26H2,1-5H3. The Morgan fingerprint density at radius 1 is 0.875 bits per heavy atom. The van der Waals surface area contributed by atoms with Gasteiger partial charge in [0, 0.05) is 51.2 Å². The second kappa shape index (κ2) is 15.3. The van der Waals surface area contributed by atoms with Crippen molar-refractivity contribution in [3.63, 3.8) is 0 Å². The first-order valence-electron chi connectivity index (χ1n) is 14.1. The monoisotopic (exact) mass is 547 g/mol. The quantitative estimate of drug-likeness (QED) is 0.227. The molecule has 0 aliphatic rings. The molecule has 0 bridgehead atoms. The van der Waals surface area contributed by atoms with Gasteiger partial charge in [0.2, 0.25) is 11.8 Å². The predicted molar refractivity (Wildman–Crippen MR) is 159 cm³/mol. The molecule has 0 saturated heterocycles. The molecule has 1 aromatic heterocycles. The van der Waals surface area contributed by atoms with Gasteiger partial charge in [-0.15, -0.1) is 0 Å². The minimum atomic E-state index is -0.164. The summed E-state index contributed by atoms with van der Waals surface area (Å²) < 4.78 is 13.0. The maximum Gasteiger partial charge on any atom is 0.242 e. The highest BCUT2D eigenvalue weighted by Gasteiger charge is 2.25. The van der Waals surface area contributed by atoms with Gasteiger partial charge >= 0.3 is 0 Å². The van der Waals surface area contributed by atoms with Crippen LogP contribution in [0, 0.1) is 5.41 Å². The van der Waals surface area contributed by atoms with Gasteiger partial charge in [-0.3, -0.25) is 9.59 Å². The molecule has 0 radical (unpaired) electrons. The van der Waals surface area contributed by atoms with Crippen molar-refractivity contribution in [1.29, 1.82) is 0 Å². The molecular weight excluding hydrogens is 502 g/mol. The van der Waals surface area contributed by atoms with E-state index in [9.17, 15) is 9.59 Å². The molecule has 1 heterocycles. The van der Waals surface area contributed by atoms with Crippen molar-refractivity contribution in [3.8, 4) is 5.75 Å². The van der Waals surface area contributed by atoms with Crippen LogP contribution >= 0.6 is 0 Å². The molecule has 0 atom stereocenters. The van der Waals surface area contributed by atoms with Gasteiger partial charge < -0.3 is 23.8 Å². The van der Waals surface area contributed by atoms with E-state index < -0.39 is 0 Å². The molecule has 2 amide bonds. The lowest BCUT2D eigenvalue weighted by Gasteiger charge is -2.30. The lowest BCUT2D eigenvalue weighted by atomic mass is 9.91. The van der Waals surface area contributed by atoms with Crippen LogP contribution in [0.5, 0.6) is 5.75 Å². The highest BCUT2D eigenvalue weighted by molar-refractivity contribution is 5.85. The largest absolute Gasteiger partial charge is 0.497 e. The Hall–Kier alpha value is -3.58. The fourth-order valence-corrected chi connectivity index (χ4v) is 4.57. The van der Waals surface area contributed by atoms with Gasteiger partial charge in [0.15, 0.2) is 0 Å². The van der Waals surface area contributed by atoms with E-state index in [-0.39, 0.29) is 23.8 Å². The average Bonchev–Trinajstić information content (AvgIpc) is 3.35. The van der Waals surface area contributed by atoms with Crippen molar-refractivity contribution in [2.24, 2.45) is 5.41 Å². The van der Waals surface area contributed by atoms with Crippen LogP contribution in [0.25, 0.3) is 0 Å². The fourth-order valence-electron chi connectivity index (χ4n) is 4.57. The molecule has 3 rings (SSSR count). The molecule has 3 aromatic rings. The zero-order chi connectivity index (χ0) is 29.0. The van der Waals surface area contributed by atoms with E-state index in [2.05, 4.69) is 16.7 Å². The van der Waals surface area contributed by atoms with Crippen LogP contribution in [0.3, 0.4) is 0 Å². The summed E-state index contributed by atoms with van der Waals surface area (Å²) in [4.78, 5) is 30.7. The first-order valence-corrected chi connectivity index (χ1v) is 14.1. The summed E-state index contributed by atoms with van der Waals surface area (Å²) in [5.74, 6) is 0.742. The van der Waals surface area contributed by atoms with Gasteiger partial charge in [-0.05, 0) is 54.2 Å². The number of nitrogens with zero attached hydrogens (tertiary/aromatic N) is 3. The maximum atomic E-state index is 13.9. The molecule has 2 aromatic carbocycles. The van der Waals surface area contributed by atoms with E-state index in [1.165, 1.54) is 0 Å². The molecule has 0 N–H and O–H groups in total. The molecule has 0 fully saturated rings. The van der Waals surface area contributed by atoms with Crippen LogP contribution in [-0.4, -0.2) is 59.6 Å². The Kier molecular flexibility index (Phi) is 11.8. The molecule has 7 heteroatoms. The average molecular weight is 548 g/mol. The van der Waals surface area contributed by atoms with Crippen LogP contribution in [0.1, 0.15) is 57.4 Å². The Balaban J connectivity index is 1.81. The summed E-state index contributed by atoms with van der Waals surface area (Å²) in [5, 5.41) is 0. The second-order valence-corrected chi connectivity index (χ2v) is 11.3. The van der Waals surface area contributed by atoms with Gasteiger partial charge in [0.1, 0.15) is 5.75 Å². The minimum absolute atomic E-state index is 0.00147. The number of methoxy groups -OCH3 is 1. The molecule has 216 valence electrons. The number of carbonyl (C=O) groups excluding carboxylic acids is 2. The van der Waals surface area contributed by atoms with Crippen LogP contribution in [0.2, 0.25) is 0 Å². The Bertz CT molecular complexity index is 1200. The topological polar surface area (TPSA) is 64.0 Å². The zero-order valence-corrected chi connectivity index (χ0v) is 24.8. The smallest absolute Gasteiger partial charge is 0.242 e. The number of carbonyl (C=O) groups is 2. The predicted octanol–water partition coefficient (Wildman–Crippen LogP) is 5.77. The number of ether oxygens (including phenoxy) is 2. The zero-order valence-electron chi connectivity index (χ0n) is 24.8. The van der Waals surface area contributed by atoms with Crippen molar-refractivity contribution in [2.75, 3.05) is 33.4 Å². The maximum absolute atomic E-state index is 13.9. The first kappa shape index (κ1) is 31.0. The normalized spacial score (nSPS) is 11.3. The molecular formula is C33H45N3O4. The van der Waals surface area contributed by atoms with E-state index >= 15 is 0 Å². The molecule has 7 nitrogen and oxygen atoms in total. The molecule has 0 aliphatic heterocycles.